The van der Waals surface area contributed by atoms with Gasteiger partial charge in [0.1, 0.15) is 0 Å². The van der Waals surface area contributed by atoms with E-state index in [-0.39, 0.29) is 5.91 Å². The van der Waals surface area contributed by atoms with E-state index >= 15 is 0 Å². The molecule has 0 unspecified atom stereocenters. The molecule has 1 N–H and O–H groups in total. The minimum Gasteiger partial charge on any atom is -0.345 e. The van der Waals surface area contributed by atoms with Crippen LogP contribution in [-0.4, -0.2) is 20.7 Å². The van der Waals surface area contributed by atoms with Crippen LogP contribution in [-0.2, 0) is 26.4 Å². The number of nitrogens with one attached hydrogen (secondary N) is 1. The van der Waals surface area contributed by atoms with Crippen LogP contribution in [0.4, 0.5) is 0 Å². The van der Waals surface area contributed by atoms with Gasteiger partial charge >= 0.3 is 0 Å². The average Bonchev–Trinajstić information content (AvgIpc) is 3.02. The molecule has 0 radical (unpaired) electrons. The zero-order valence-electron chi connectivity index (χ0n) is 10.9. The maximum absolute atomic E-state index is 12.2. The molecule has 0 aromatic carbocycles. The van der Waals surface area contributed by atoms with E-state index in [2.05, 4.69) is 15.4 Å². The summed E-state index contributed by atoms with van der Waals surface area (Å²) in [4.78, 5) is 16.4. The largest absolute Gasteiger partial charge is 0.345 e. The Hall–Kier alpha value is -2.17. The Morgan fingerprint density at radius 3 is 3.11 bits per heavy atom. The van der Waals surface area contributed by atoms with Gasteiger partial charge in [-0.2, -0.15) is 5.10 Å². The lowest BCUT2D eigenvalue weighted by molar-refractivity contribution is 0.0944. The fourth-order valence-electron chi connectivity index (χ4n) is 2.55. The topological polar surface area (TPSA) is 59.8 Å². The lowest BCUT2D eigenvalue weighted by Gasteiger charge is -2.03. The molecule has 0 saturated carbocycles. The third kappa shape index (κ3) is 2.23. The van der Waals surface area contributed by atoms with Crippen LogP contribution in [0.5, 0.6) is 0 Å². The number of fused-ring (bicyclic) bond motifs is 1. The SMILES string of the molecule is Cn1nc(C(=O)NCc2ccccn2)c2c1CCC2. The molecule has 2 aromatic rings. The van der Waals surface area contributed by atoms with Crippen LogP contribution < -0.4 is 5.32 Å². The molecule has 1 aliphatic carbocycles. The molecule has 0 saturated heterocycles. The molecule has 2 aromatic heterocycles. The van der Waals surface area contributed by atoms with E-state index in [1.807, 2.05) is 29.9 Å². The van der Waals surface area contributed by atoms with Crippen LogP contribution in [0.3, 0.4) is 0 Å². The van der Waals surface area contributed by atoms with E-state index in [9.17, 15) is 4.79 Å². The number of amides is 1. The number of nitrogens with zero attached hydrogens (tertiary/aromatic N) is 3. The van der Waals surface area contributed by atoms with Crippen molar-refractivity contribution in [1.82, 2.24) is 20.1 Å². The second-order valence-corrected chi connectivity index (χ2v) is 4.75. The molecule has 19 heavy (non-hydrogen) atoms. The van der Waals surface area contributed by atoms with E-state index < -0.39 is 0 Å². The predicted octanol–water partition coefficient (Wildman–Crippen LogP) is 1.23. The quantitative estimate of drug-likeness (QED) is 0.898. The maximum atomic E-state index is 12.2. The molecule has 0 spiro atoms. The molecular formula is C14H16N4O. The Balaban J connectivity index is 1.73. The third-order valence-corrected chi connectivity index (χ3v) is 3.49. The van der Waals surface area contributed by atoms with E-state index in [1.165, 1.54) is 5.69 Å². The Morgan fingerprint density at radius 1 is 1.42 bits per heavy atom. The van der Waals surface area contributed by atoms with Gasteiger partial charge in [-0.25, -0.2) is 0 Å². The first-order valence-corrected chi connectivity index (χ1v) is 6.48. The van der Waals surface area contributed by atoms with Crippen LogP contribution in [0.1, 0.15) is 33.9 Å². The Labute approximate surface area is 111 Å². The average molecular weight is 256 g/mol. The van der Waals surface area contributed by atoms with Crippen molar-refractivity contribution in [2.24, 2.45) is 7.05 Å². The standard InChI is InChI=1S/C14H16N4O/c1-18-12-7-4-6-11(12)13(17-18)14(19)16-9-10-5-2-3-8-15-10/h2-3,5,8H,4,6-7,9H2,1H3,(H,16,19). The highest BCUT2D eigenvalue weighted by molar-refractivity contribution is 5.94. The van der Waals surface area contributed by atoms with Crippen molar-refractivity contribution >= 4 is 5.91 Å². The molecule has 3 rings (SSSR count). The molecule has 2 heterocycles. The van der Waals surface area contributed by atoms with Crippen molar-refractivity contribution in [2.45, 2.75) is 25.8 Å². The highest BCUT2D eigenvalue weighted by Crippen LogP contribution is 2.24. The first-order valence-electron chi connectivity index (χ1n) is 6.48. The van der Waals surface area contributed by atoms with Gasteiger partial charge in [0.15, 0.2) is 5.69 Å². The zero-order valence-corrected chi connectivity index (χ0v) is 10.9. The van der Waals surface area contributed by atoms with Crippen LogP contribution in [0.15, 0.2) is 24.4 Å². The molecule has 0 bridgehead atoms. The van der Waals surface area contributed by atoms with Gasteiger partial charge in [0.25, 0.3) is 5.91 Å². The summed E-state index contributed by atoms with van der Waals surface area (Å²) in [5.74, 6) is -0.107. The summed E-state index contributed by atoms with van der Waals surface area (Å²) < 4.78 is 1.83. The number of carbonyl (C=O) groups is 1. The summed E-state index contributed by atoms with van der Waals surface area (Å²) in [6.45, 7) is 0.436. The fraction of sp³-hybridized carbons (Fsp3) is 0.357. The van der Waals surface area contributed by atoms with E-state index in [0.717, 1.165) is 30.5 Å². The van der Waals surface area contributed by atoms with Crippen LogP contribution in [0.2, 0.25) is 0 Å². The first kappa shape index (κ1) is 11.9. The highest BCUT2D eigenvalue weighted by atomic mass is 16.1. The predicted molar refractivity (Wildman–Crippen MR) is 70.6 cm³/mol. The summed E-state index contributed by atoms with van der Waals surface area (Å²) in [5, 5.41) is 7.21. The van der Waals surface area contributed by atoms with Gasteiger partial charge in [-0.05, 0) is 31.4 Å². The molecule has 5 heteroatoms. The molecule has 5 nitrogen and oxygen atoms in total. The Bertz CT molecular complexity index is 603. The molecule has 0 fully saturated rings. The number of rotatable bonds is 3. The number of aryl methyl sites for hydroxylation is 1. The lowest BCUT2D eigenvalue weighted by Crippen LogP contribution is -2.24. The van der Waals surface area contributed by atoms with Gasteiger partial charge in [-0.3, -0.25) is 14.5 Å². The molecule has 1 amide bonds. The van der Waals surface area contributed by atoms with E-state index in [4.69, 9.17) is 0 Å². The second-order valence-electron chi connectivity index (χ2n) is 4.75. The van der Waals surface area contributed by atoms with Crippen molar-refractivity contribution in [3.05, 3.63) is 47.0 Å². The van der Waals surface area contributed by atoms with Gasteiger partial charge in [0, 0.05) is 24.5 Å². The zero-order chi connectivity index (χ0) is 13.2. The fourth-order valence-corrected chi connectivity index (χ4v) is 2.55. The smallest absolute Gasteiger partial charge is 0.272 e. The summed E-state index contributed by atoms with van der Waals surface area (Å²) >= 11 is 0. The van der Waals surface area contributed by atoms with Gasteiger partial charge in [-0.15, -0.1) is 0 Å². The molecule has 0 aliphatic heterocycles. The molecule has 1 aliphatic rings. The van der Waals surface area contributed by atoms with Gasteiger partial charge < -0.3 is 5.32 Å². The summed E-state index contributed by atoms with van der Waals surface area (Å²) in [6, 6.07) is 5.66. The van der Waals surface area contributed by atoms with Crippen LogP contribution >= 0.6 is 0 Å². The lowest BCUT2D eigenvalue weighted by atomic mass is 10.2. The second kappa shape index (κ2) is 4.84. The number of aromatic nitrogens is 3. The summed E-state index contributed by atoms with van der Waals surface area (Å²) in [6.07, 6.45) is 4.81. The normalized spacial score (nSPS) is 13.3. The number of carbonyl (C=O) groups excluding carboxylic acids is 1. The van der Waals surface area contributed by atoms with Crippen molar-refractivity contribution in [3.8, 4) is 0 Å². The van der Waals surface area contributed by atoms with Crippen molar-refractivity contribution in [1.29, 1.82) is 0 Å². The van der Waals surface area contributed by atoms with Crippen LogP contribution in [0, 0.1) is 0 Å². The third-order valence-electron chi connectivity index (χ3n) is 3.49. The minimum atomic E-state index is -0.107. The van der Waals surface area contributed by atoms with Crippen molar-refractivity contribution in [2.75, 3.05) is 0 Å². The highest BCUT2D eigenvalue weighted by Gasteiger charge is 2.24. The molecular weight excluding hydrogens is 240 g/mol. The van der Waals surface area contributed by atoms with Crippen molar-refractivity contribution < 1.29 is 4.79 Å². The Kier molecular flexibility index (Phi) is 3.03. The maximum Gasteiger partial charge on any atom is 0.272 e. The summed E-state index contributed by atoms with van der Waals surface area (Å²) in [7, 11) is 1.90. The van der Waals surface area contributed by atoms with Crippen molar-refractivity contribution in [3.63, 3.8) is 0 Å². The van der Waals surface area contributed by atoms with Crippen LogP contribution in [0.25, 0.3) is 0 Å². The number of pyridine rings is 1. The van der Waals surface area contributed by atoms with Gasteiger partial charge in [0.05, 0.1) is 12.2 Å². The number of hydrogen-bond acceptors (Lipinski definition) is 3. The first-order chi connectivity index (χ1) is 9.25. The number of hydrogen-bond donors (Lipinski definition) is 1. The van der Waals surface area contributed by atoms with Gasteiger partial charge in [-0.1, -0.05) is 6.07 Å². The summed E-state index contributed by atoms with van der Waals surface area (Å²) in [5.41, 5.74) is 3.73. The monoisotopic (exact) mass is 256 g/mol. The van der Waals surface area contributed by atoms with E-state index in [1.54, 1.807) is 6.20 Å². The molecule has 0 atom stereocenters. The van der Waals surface area contributed by atoms with E-state index in [0.29, 0.717) is 12.2 Å². The van der Waals surface area contributed by atoms with Gasteiger partial charge in [0.2, 0.25) is 0 Å². The molecule has 98 valence electrons. The minimum absolute atomic E-state index is 0.107. The Morgan fingerprint density at radius 2 is 2.32 bits per heavy atom.